The zero-order chi connectivity index (χ0) is 22.0. The number of ether oxygens (including phenoxy) is 2. The fourth-order valence-corrected chi connectivity index (χ4v) is 9.36. The van der Waals surface area contributed by atoms with Crippen LogP contribution in [0, 0.1) is 11.8 Å². The van der Waals surface area contributed by atoms with E-state index in [4.69, 9.17) is 13.9 Å². The van der Waals surface area contributed by atoms with E-state index in [1.807, 2.05) is 13.8 Å². The molecule has 3 nitrogen and oxygen atoms in total. The minimum absolute atomic E-state index is 0.0170. The van der Waals surface area contributed by atoms with Crippen molar-refractivity contribution < 1.29 is 13.9 Å². The van der Waals surface area contributed by atoms with Gasteiger partial charge in [-0.15, -0.1) is 0 Å². The predicted molar refractivity (Wildman–Crippen MR) is 127 cm³/mol. The molecule has 0 aliphatic carbocycles. The smallest absolute Gasteiger partial charge is 0.261 e. The predicted octanol–water partition coefficient (Wildman–Crippen LogP) is 4.99. The fraction of sp³-hybridized carbons (Fsp3) is 0.538. The van der Waals surface area contributed by atoms with Gasteiger partial charge in [-0.05, 0) is 29.3 Å². The molecule has 0 N–H and O–H groups in total. The van der Waals surface area contributed by atoms with Crippen LogP contribution in [0.5, 0.6) is 0 Å². The summed E-state index contributed by atoms with van der Waals surface area (Å²) in [6.07, 6.45) is 0.118. The van der Waals surface area contributed by atoms with Crippen LogP contribution in [0.25, 0.3) is 0 Å². The highest BCUT2D eigenvalue weighted by atomic mass is 28.4. The number of rotatable bonds is 6. The molecule has 0 unspecified atom stereocenters. The first-order chi connectivity index (χ1) is 14.1. The van der Waals surface area contributed by atoms with Crippen molar-refractivity contribution in [2.24, 2.45) is 11.8 Å². The average Bonchev–Trinajstić information content (AvgIpc) is 2.71. The van der Waals surface area contributed by atoms with Crippen molar-refractivity contribution in [1.29, 1.82) is 0 Å². The van der Waals surface area contributed by atoms with E-state index in [1.54, 1.807) is 0 Å². The Bertz CT molecular complexity index is 759. The molecule has 164 valence electrons. The summed E-state index contributed by atoms with van der Waals surface area (Å²) in [5.74, 6) is 0.0728. The van der Waals surface area contributed by atoms with Crippen molar-refractivity contribution in [2.75, 3.05) is 13.2 Å². The third-order valence-corrected chi connectivity index (χ3v) is 11.2. The quantitative estimate of drug-likeness (QED) is 0.609. The van der Waals surface area contributed by atoms with Gasteiger partial charge in [0.2, 0.25) is 0 Å². The van der Waals surface area contributed by atoms with Gasteiger partial charge in [0.05, 0.1) is 12.7 Å². The Morgan fingerprint density at radius 2 is 1.50 bits per heavy atom. The first-order valence-corrected chi connectivity index (χ1v) is 13.0. The molecular formula is C26H38O3Si. The van der Waals surface area contributed by atoms with Crippen molar-refractivity contribution in [3.05, 3.63) is 60.7 Å². The second-order valence-electron chi connectivity index (χ2n) is 10.2. The van der Waals surface area contributed by atoms with E-state index in [1.165, 1.54) is 10.4 Å². The maximum atomic E-state index is 7.12. The Labute approximate surface area is 183 Å². The summed E-state index contributed by atoms with van der Waals surface area (Å²) in [6, 6.07) is 21.7. The van der Waals surface area contributed by atoms with Gasteiger partial charge in [0, 0.05) is 18.4 Å². The molecule has 4 heteroatoms. The summed E-state index contributed by atoms with van der Waals surface area (Å²) in [5.41, 5.74) is 0. The Hall–Kier alpha value is -1.46. The van der Waals surface area contributed by atoms with Crippen LogP contribution in [0.3, 0.4) is 0 Å². The minimum atomic E-state index is -2.52. The van der Waals surface area contributed by atoms with E-state index in [9.17, 15) is 0 Å². The fourth-order valence-electron chi connectivity index (χ4n) is 4.69. The van der Waals surface area contributed by atoms with Crippen LogP contribution >= 0.6 is 0 Å². The Balaban J connectivity index is 1.95. The molecule has 0 saturated carbocycles. The molecule has 0 radical (unpaired) electrons. The van der Waals surface area contributed by atoms with Gasteiger partial charge in [-0.3, -0.25) is 0 Å². The van der Waals surface area contributed by atoms with Gasteiger partial charge in [-0.2, -0.15) is 0 Å². The minimum Gasteiger partial charge on any atom is -0.407 e. The lowest BCUT2D eigenvalue weighted by atomic mass is 9.93. The molecule has 1 saturated heterocycles. The molecule has 3 rings (SSSR count). The molecule has 0 spiro atoms. The first kappa shape index (κ1) is 23.2. The molecular weight excluding hydrogens is 388 g/mol. The normalized spacial score (nSPS) is 23.2. The highest BCUT2D eigenvalue weighted by Crippen LogP contribution is 2.38. The Morgan fingerprint density at radius 3 is 1.97 bits per heavy atom. The van der Waals surface area contributed by atoms with Crippen molar-refractivity contribution in [3.63, 3.8) is 0 Å². The molecule has 2 aromatic carbocycles. The van der Waals surface area contributed by atoms with Crippen molar-refractivity contribution in [3.8, 4) is 0 Å². The lowest BCUT2D eigenvalue weighted by Gasteiger charge is -2.46. The number of benzene rings is 2. The van der Waals surface area contributed by atoms with E-state index in [0.717, 1.165) is 6.61 Å². The molecule has 30 heavy (non-hydrogen) atoms. The van der Waals surface area contributed by atoms with Gasteiger partial charge in [-0.1, -0.05) is 95.3 Å². The van der Waals surface area contributed by atoms with Crippen LogP contribution in [0.2, 0.25) is 5.04 Å². The summed E-state index contributed by atoms with van der Waals surface area (Å²) in [5, 5.41) is 2.62. The Morgan fingerprint density at radius 1 is 1.00 bits per heavy atom. The van der Waals surface area contributed by atoms with Gasteiger partial charge < -0.3 is 13.9 Å². The highest BCUT2D eigenvalue weighted by molar-refractivity contribution is 6.99. The van der Waals surface area contributed by atoms with Crippen LogP contribution in [0.4, 0.5) is 0 Å². The topological polar surface area (TPSA) is 27.7 Å². The number of hydrogen-bond acceptors (Lipinski definition) is 3. The SMILES string of the molecule is C[C@H](CO[Si](c1ccccc1)(c1ccccc1)C(C)(C)C)[C@@H]1OC(C)(C)OC[C@@H]1C. The van der Waals surface area contributed by atoms with Gasteiger partial charge >= 0.3 is 0 Å². The van der Waals surface area contributed by atoms with Crippen LogP contribution in [0.15, 0.2) is 60.7 Å². The average molecular weight is 427 g/mol. The third-order valence-electron chi connectivity index (χ3n) is 6.21. The zero-order valence-corrected chi connectivity index (χ0v) is 20.6. The molecule has 1 fully saturated rings. The maximum Gasteiger partial charge on any atom is 0.261 e. The molecule has 0 aromatic heterocycles. The molecule has 1 aliphatic heterocycles. The largest absolute Gasteiger partial charge is 0.407 e. The van der Waals surface area contributed by atoms with Crippen LogP contribution in [0.1, 0.15) is 48.5 Å². The van der Waals surface area contributed by atoms with E-state index in [2.05, 4.69) is 95.3 Å². The van der Waals surface area contributed by atoms with Gasteiger partial charge in [0.25, 0.3) is 8.32 Å². The van der Waals surface area contributed by atoms with Crippen molar-refractivity contribution in [2.45, 2.75) is 65.4 Å². The van der Waals surface area contributed by atoms with E-state index in [-0.39, 0.29) is 17.1 Å². The highest BCUT2D eigenvalue weighted by Gasteiger charge is 2.50. The molecule has 2 aromatic rings. The van der Waals surface area contributed by atoms with Gasteiger partial charge in [-0.25, -0.2) is 0 Å². The van der Waals surface area contributed by atoms with Crippen LogP contribution in [-0.4, -0.2) is 33.4 Å². The molecule has 3 atom stereocenters. The van der Waals surface area contributed by atoms with Gasteiger partial charge in [0.15, 0.2) is 5.79 Å². The molecule has 1 aliphatic rings. The van der Waals surface area contributed by atoms with Crippen LogP contribution in [-0.2, 0) is 13.9 Å². The van der Waals surface area contributed by atoms with Crippen molar-refractivity contribution in [1.82, 2.24) is 0 Å². The lowest BCUT2D eigenvalue weighted by molar-refractivity contribution is -0.300. The first-order valence-electron chi connectivity index (χ1n) is 11.1. The molecule has 0 bridgehead atoms. The van der Waals surface area contributed by atoms with E-state index < -0.39 is 14.1 Å². The Kier molecular flexibility index (Phi) is 6.93. The lowest BCUT2D eigenvalue weighted by Crippen LogP contribution is -2.67. The summed E-state index contributed by atoms with van der Waals surface area (Å²) >= 11 is 0. The standard InChI is InChI=1S/C26H38O3Si/c1-20-18-27-26(6,7)29-24(20)21(2)19-28-30(25(3,4)5,22-14-10-8-11-15-22)23-16-12-9-13-17-23/h8-17,20-21,24H,18-19H2,1-7H3/t20-,21+,24+/m0/s1. The van der Waals surface area contributed by atoms with E-state index >= 15 is 0 Å². The van der Waals surface area contributed by atoms with Gasteiger partial charge in [0.1, 0.15) is 0 Å². The van der Waals surface area contributed by atoms with Crippen molar-refractivity contribution >= 4 is 18.7 Å². The second-order valence-corrected chi connectivity index (χ2v) is 14.5. The monoisotopic (exact) mass is 426 g/mol. The second kappa shape index (κ2) is 8.95. The third kappa shape index (κ3) is 4.72. The number of hydrogen-bond donors (Lipinski definition) is 0. The summed E-state index contributed by atoms with van der Waals surface area (Å²) < 4.78 is 19.3. The maximum absolute atomic E-state index is 7.12. The van der Waals surface area contributed by atoms with Crippen LogP contribution < -0.4 is 10.4 Å². The zero-order valence-electron chi connectivity index (χ0n) is 19.6. The summed E-state index contributed by atoms with van der Waals surface area (Å²) in [6.45, 7) is 16.8. The summed E-state index contributed by atoms with van der Waals surface area (Å²) in [4.78, 5) is 0. The summed E-state index contributed by atoms with van der Waals surface area (Å²) in [7, 11) is -2.52. The molecule has 0 amide bonds. The molecule has 1 heterocycles. The van der Waals surface area contributed by atoms with E-state index in [0.29, 0.717) is 12.5 Å².